The first-order valence-corrected chi connectivity index (χ1v) is 14.3. The molecule has 0 aliphatic heterocycles. The first-order valence-electron chi connectivity index (χ1n) is 13.4. The Hall–Kier alpha value is -4.82. The monoisotopic (exact) mass is 579 g/mol. The highest BCUT2D eigenvalue weighted by molar-refractivity contribution is 8.00. The van der Waals surface area contributed by atoms with Crippen molar-refractivity contribution in [2.45, 2.75) is 30.9 Å². The minimum absolute atomic E-state index is 0.0661. The third-order valence-electron chi connectivity index (χ3n) is 6.57. The maximum absolute atomic E-state index is 13.4. The van der Waals surface area contributed by atoms with Crippen LogP contribution in [-0.4, -0.2) is 30.1 Å². The second kappa shape index (κ2) is 14.2. The number of carbonyl (C=O) groups is 3. The van der Waals surface area contributed by atoms with Crippen molar-refractivity contribution < 1.29 is 19.1 Å². The first-order chi connectivity index (χ1) is 20.2. The van der Waals surface area contributed by atoms with E-state index in [1.807, 2.05) is 57.2 Å². The van der Waals surface area contributed by atoms with Crippen LogP contribution in [0.2, 0.25) is 0 Å². The van der Waals surface area contributed by atoms with Gasteiger partial charge in [-0.25, -0.2) is 0 Å². The lowest BCUT2D eigenvalue weighted by molar-refractivity contribution is -0.115. The zero-order valence-electron chi connectivity index (χ0n) is 23.9. The Labute approximate surface area is 250 Å². The summed E-state index contributed by atoms with van der Waals surface area (Å²) in [5.74, 6) is -0.397. The highest BCUT2D eigenvalue weighted by Gasteiger charge is 2.18. The number of benzene rings is 4. The zero-order chi connectivity index (χ0) is 30.1. The molecule has 0 aliphatic rings. The van der Waals surface area contributed by atoms with Crippen LogP contribution < -0.4 is 20.7 Å². The molecule has 0 spiro atoms. The number of anilines is 2. The van der Waals surface area contributed by atoms with Gasteiger partial charge in [0.15, 0.2) is 0 Å². The van der Waals surface area contributed by atoms with Gasteiger partial charge in [0.1, 0.15) is 11.4 Å². The molecule has 0 heterocycles. The molecule has 0 saturated heterocycles. The smallest absolute Gasteiger partial charge is 0.272 e. The molecule has 0 radical (unpaired) electrons. The van der Waals surface area contributed by atoms with Crippen LogP contribution in [0.25, 0.3) is 6.08 Å². The standard InChI is InChI=1S/C34H33N3O4S/c1-22-11-8-18-30(23(22)2)36-32(38)24(3)42-29-17-10-15-27(21-29)35-34(40)31(20-25-12-9-16-28(19-25)41-4)37-33(39)26-13-6-5-7-14-26/h5-21,24H,1-4H3,(H,35,40)(H,36,38)(H,37,39)/b31-20-. The molecule has 0 saturated carbocycles. The number of ether oxygens (including phenoxy) is 1. The number of nitrogens with one attached hydrogen (secondary N) is 3. The summed E-state index contributed by atoms with van der Waals surface area (Å²) in [5.41, 5.74) is 4.63. The topological polar surface area (TPSA) is 96.5 Å². The molecule has 1 unspecified atom stereocenters. The number of methoxy groups -OCH3 is 1. The minimum Gasteiger partial charge on any atom is -0.497 e. The highest BCUT2D eigenvalue weighted by Crippen LogP contribution is 2.28. The van der Waals surface area contributed by atoms with Crippen molar-refractivity contribution in [2.24, 2.45) is 0 Å². The molecule has 214 valence electrons. The van der Waals surface area contributed by atoms with Crippen LogP contribution in [0.15, 0.2) is 108 Å². The van der Waals surface area contributed by atoms with Gasteiger partial charge >= 0.3 is 0 Å². The van der Waals surface area contributed by atoms with E-state index >= 15 is 0 Å². The van der Waals surface area contributed by atoms with Crippen LogP contribution >= 0.6 is 11.8 Å². The van der Waals surface area contributed by atoms with Crippen molar-refractivity contribution >= 4 is 46.9 Å². The SMILES string of the molecule is COc1cccc(/C=C(\NC(=O)c2ccccc2)C(=O)Nc2cccc(SC(C)C(=O)Nc3cccc(C)c3C)c2)c1. The lowest BCUT2D eigenvalue weighted by atomic mass is 10.1. The summed E-state index contributed by atoms with van der Waals surface area (Å²) in [4.78, 5) is 40.1. The summed E-state index contributed by atoms with van der Waals surface area (Å²) in [7, 11) is 1.56. The number of rotatable bonds is 10. The maximum Gasteiger partial charge on any atom is 0.272 e. The van der Waals surface area contributed by atoms with E-state index in [0.29, 0.717) is 22.6 Å². The Kier molecular flexibility index (Phi) is 10.2. The second-order valence-electron chi connectivity index (χ2n) is 9.63. The van der Waals surface area contributed by atoms with Gasteiger partial charge in [-0.2, -0.15) is 0 Å². The number of carbonyl (C=O) groups excluding carboxylic acids is 3. The van der Waals surface area contributed by atoms with Crippen LogP contribution in [0, 0.1) is 13.8 Å². The van der Waals surface area contributed by atoms with Crippen molar-refractivity contribution in [1.82, 2.24) is 5.32 Å². The quantitative estimate of drug-likeness (QED) is 0.141. The molecule has 0 fully saturated rings. The molecule has 7 nitrogen and oxygen atoms in total. The molecule has 4 aromatic carbocycles. The molecule has 0 bridgehead atoms. The normalized spacial score (nSPS) is 11.8. The van der Waals surface area contributed by atoms with E-state index < -0.39 is 11.8 Å². The Morgan fingerprint density at radius 1 is 0.833 bits per heavy atom. The molecule has 3 amide bonds. The van der Waals surface area contributed by atoms with Crippen LogP contribution in [0.1, 0.15) is 34.0 Å². The van der Waals surface area contributed by atoms with Crippen LogP contribution in [-0.2, 0) is 9.59 Å². The predicted octanol–water partition coefficient (Wildman–Crippen LogP) is 6.84. The third kappa shape index (κ3) is 8.11. The first kappa shape index (κ1) is 30.1. The summed E-state index contributed by atoms with van der Waals surface area (Å²) < 4.78 is 5.30. The van der Waals surface area contributed by atoms with E-state index in [9.17, 15) is 14.4 Å². The summed E-state index contributed by atoms with van der Waals surface area (Å²) >= 11 is 1.38. The number of hydrogen-bond acceptors (Lipinski definition) is 5. The van der Waals surface area contributed by atoms with Crippen molar-refractivity contribution in [3.63, 3.8) is 0 Å². The molecule has 4 rings (SSSR count). The van der Waals surface area contributed by atoms with E-state index in [2.05, 4.69) is 16.0 Å². The fourth-order valence-corrected chi connectivity index (χ4v) is 4.99. The van der Waals surface area contributed by atoms with Crippen molar-refractivity contribution in [3.8, 4) is 5.75 Å². The average Bonchev–Trinajstić information content (AvgIpc) is 2.99. The lowest BCUT2D eigenvalue weighted by Gasteiger charge is -2.15. The fraction of sp³-hybridized carbons (Fsp3) is 0.147. The van der Waals surface area contributed by atoms with Gasteiger partial charge in [0.05, 0.1) is 12.4 Å². The van der Waals surface area contributed by atoms with E-state index in [0.717, 1.165) is 21.7 Å². The third-order valence-corrected chi connectivity index (χ3v) is 7.66. The van der Waals surface area contributed by atoms with Crippen LogP contribution in [0.4, 0.5) is 11.4 Å². The highest BCUT2D eigenvalue weighted by atomic mass is 32.2. The Morgan fingerprint density at radius 3 is 2.33 bits per heavy atom. The van der Waals surface area contributed by atoms with Crippen molar-refractivity contribution in [2.75, 3.05) is 17.7 Å². The van der Waals surface area contributed by atoms with Gasteiger partial charge in [-0.05, 0) is 92.1 Å². The van der Waals surface area contributed by atoms with Crippen molar-refractivity contribution in [3.05, 3.63) is 125 Å². The summed E-state index contributed by atoms with van der Waals surface area (Å²) in [5, 5.41) is 8.25. The van der Waals surface area contributed by atoms with Crippen LogP contribution in [0.5, 0.6) is 5.75 Å². The van der Waals surface area contributed by atoms with Gasteiger partial charge < -0.3 is 20.7 Å². The van der Waals surface area contributed by atoms with E-state index in [-0.39, 0.29) is 16.9 Å². The minimum atomic E-state index is -0.495. The molecule has 1 atom stereocenters. The second-order valence-corrected chi connectivity index (χ2v) is 11.0. The molecule has 3 N–H and O–H groups in total. The molecule has 0 aliphatic carbocycles. The van der Waals surface area contributed by atoms with Gasteiger partial charge in [0.2, 0.25) is 5.91 Å². The average molecular weight is 580 g/mol. The largest absolute Gasteiger partial charge is 0.497 e. The fourth-order valence-electron chi connectivity index (χ4n) is 4.06. The van der Waals surface area contributed by atoms with Gasteiger partial charge in [0, 0.05) is 21.8 Å². The summed E-state index contributed by atoms with van der Waals surface area (Å²) in [6.45, 7) is 5.83. The molecule has 4 aromatic rings. The molecule has 8 heteroatoms. The number of hydrogen-bond donors (Lipinski definition) is 3. The lowest BCUT2D eigenvalue weighted by Crippen LogP contribution is -2.30. The van der Waals surface area contributed by atoms with Crippen molar-refractivity contribution in [1.29, 1.82) is 0 Å². The maximum atomic E-state index is 13.4. The molecule has 42 heavy (non-hydrogen) atoms. The van der Waals surface area contributed by atoms with E-state index in [1.54, 1.807) is 73.8 Å². The number of aryl methyl sites for hydroxylation is 1. The Bertz CT molecular complexity index is 1620. The Morgan fingerprint density at radius 2 is 1.57 bits per heavy atom. The van der Waals surface area contributed by atoms with Gasteiger partial charge in [-0.3, -0.25) is 14.4 Å². The number of thioether (sulfide) groups is 1. The molecular weight excluding hydrogens is 546 g/mol. The van der Waals surface area contributed by atoms with E-state index in [1.165, 1.54) is 11.8 Å². The van der Waals surface area contributed by atoms with Crippen LogP contribution in [0.3, 0.4) is 0 Å². The van der Waals surface area contributed by atoms with Gasteiger partial charge in [-0.15, -0.1) is 11.8 Å². The predicted molar refractivity (Wildman–Crippen MR) is 170 cm³/mol. The number of amides is 3. The van der Waals surface area contributed by atoms with E-state index in [4.69, 9.17) is 4.74 Å². The summed E-state index contributed by atoms with van der Waals surface area (Å²) in [6.07, 6.45) is 1.59. The Balaban J connectivity index is 1.50. The van der Waals surface area contributed by atoms with Gasteiger partial charge in [0.25, 0.3) is 11.8 Å². The summed E-state index contributed by atoms with van der Waals surface area (Å²) in [6, 6.07) is 28.9. The molecular formula is C34H33N3O4S. The zero-order valence-corrected chi connectivity index (χ0v) is 24.8. The molecule has 0 aromatic heterocycles. The van der Waals surface area contributed by atoms with Gasteiger partial charge in [-0.1, -0.05) is 48.5 Å².